The summed E-state index contributed by atoms with van der Waals surface area (Å²) in [6, 6.07) is 0.728. The second-order valence-electron chi connectivity index (χ2n) is 7.03. The SMILES string of the molecule is CC(C)CC1CN(CC2(C(C)C)CC2)CCN1. The molecule has 0 aromatic heterocycles. The van der Waals surface area contributed by atoms with E-state index in [-0.39, 0.29) is 0 Å². The van der Waals surface area contributed by atoms with Crippen molar-refractivity contribution in [1.29, 1.82) is 0 Å². The van der Waals surface area contributed by atoms with Crippen molar-refractivity contribution in [3.63, 3.8) is 0 Å². The van der Waals surface area contributed by atoms with Gasteiger partial charge in [-0.3, -0.25) is 4.90 Å². The van der Waals surface area contributed by atoms with Crippen molar-refractivity contribution in [3.05, 3.63) is 0 Å². The average Bonchev–Trinajstić information content (AvgIpc) is 2.98. The van der Waals surface area contributed by atoms with Gasteiger partial charge < -0.3 is 5.32 Å². The fourth-order valence-corrected chi connectivity index (χ4v) is 3.29. The van der Waals surface area contributed by atoms with E-state index in [1.807, 2.05) is 0 Å². The Hall–Kier alpha value is -0.0800. The lowest BCUT2D eigenvalue weighted by molar-refractivity contribution is 0.137. The van der Waals surface area contributed by atoms with Crippen LogP contribution in [0.5, 0.6) is 0 Å². The van der Waals surface area contributed by atoms with Crippen LogP contribution in [0, 0.1) is 17.3 Å². The molecule has 100 valence electrons. The Bertz CT molecular complexity index is 243. The maximum Gasteiger partial charge on any atom is 0.0198 e. The maximum absolute atomic E-state index is 3.67. The van der Waals surface area contributed by atoms with Crippen LogP contribution < -0.4 is 5.32 Å². The zero-order valence-electron chi connectivity index (χ0n) is 12.1. The average molecular weight is 238 g/mol. The van der Waals surface area contributed by atoms with Gasteiger partial charge in [0, 0.05) is 32.2 Å². The fraction of sp³-hybridized carbons (Fsp3) is 1.00. The zero-order valence-corrected chi connectivity index (χ0v) is 12.1. The maximum atomic E-state index is 3.67. The summed E-state index contributed by atoms with van der Waals surface area (Å²) in [5.41, 5.74) is 0.680. The van der Waals surface area contributed by atoms with Gasteiger partial charge in [-0.15, -0.1) is 0 Å². The van der Waals surface area contributed by atoms with Crippen LogP contribution in [0.3, 0.4) is 0 Å². The minimum atomic E-state index is 0.680. The predicted octanol–water partition coefficient (Wildman–Crippen LogP) is 2.74. The van der Waals surface area contributed by atoms with Gasteiger partial charge in [0.1, 0.15) is 0 Å². The molecule has 1 saturated heterocycles. The highest BCUT2D eigenvalue weighted by molar-refractivity contribution is 4.98. The Balaban J connectivity index is 1.81. The third-order valence-corrected chi connectivity index (χ3v) is 4.75. The van der Waals surface area contributed by atoms with E-state index in [0.717, 1.165) is 17.9 Å². The summed E-state index contributed by atoms with van der Waals surface area (Å²) < 4.78 is 0. The lowest BCUT2D eigenvalue weighted by atomic mass is 9.91. The van der Waals surface area contributed by atoms with Crippen molar-refractivity contribution < 1.29 is 0 Å². The Morgan fingerprint density at radius 3 is 2.47 bits per heavy atom. The second kappa shape index (κ2) is 5.27. The molecule has 1 heterocycles. The van der Waals surface area contributed by atoms with Crippen LogP contribution in [-0.2, 0) is 0 Å². The molecule has 0 radical (unpaired) electrons. The van der Waals surface area contributed by atoms with E-state index >= 15 is 0 Å². The van der Waals surface area contributed by atoms with E-state index in [0.29, 0.717) is 5.41 Å². The molecule has 2 heteroatoms. The molecule has 0 aromatic carbocycles. The third-order valence-electron chi connectivity index (χ3n) is 4.75. The second-order valence-corrected chi connectivity index (χ2v) is 7.03. The Labute approximate surface area is 107 Å². The molecular weight excluding hydrogens is 208 g/mol. The van der Waals surface area contributed by atoms with Crippen molar-refractivity contribution in [2.24, 2.45) is 17.3 Å². The normalized spacial score (nSPS) is 28.9. The quantitative estimate of drug-likeness (QED) is 0.792. The van der Waals surface area contributed by atoms with Crippen molar-refractivity contribution in [2.45, 2.75) is 53.0 Å². The van der Waals surface area contributed by atoms with Gasteiger partial charge in [-0.2, -0.15) is 0 Å². The Morgan fingerprint density at radius 1 is 1.24 bits per heavy atom. The van der Waals surface area contributed by atoms with Gasteiger partial charge in [-0.1, -0.05) is 27.7 Å². The first-order valence-electron chi connectivity index (χ1n) is 7.47. The number of hydrogen-bond acceptors (Lipinski definition) is 2. The van der Waals surface area contributed by atoms with Gasteiger partial charge in [-0.05, 0) is 36.5 Å². The molecule has 1 atom stereocenters. The highest BCUT2D eigenvalue weighted by atomic mass is 15.2. The molecule has 1 unspecified atom stereocenters. The van der Waals surface area contributed by atoms with Crippen LogP contribution in [0.2, 0.25) is 0 Å². The highest BCUT2D eigenvalue weighted by Crippen LogP contribution is 2.52. The molecule has 2 rings (SSSR count). The number of nitrogens with one attached hydrogen (secondary N) is 1. The van der Waals surface area contributed by atoms with Crippen LogP contribution in [-0.4, -0.2) is 37.1 Å². The van der Waals surface area contributed by atoms with Gasteiger partial charge in [-0.25, -0.2) is 0 Å². The van der Waals surface area contributed by atoms with Gasteiger partial charge in [0.05, 0.1) is 0 Å². The number of nitrogens with zero attached hydrogens (tertiary/aromatic N) is 1. The summed E-state index contributed by atoms with van der Waals surface area (Å²) >= 11 is 0. The smallest absolute Gasteiger partial charge is 0.0198 e. The summed E-state index contributed by atoms with van der Waals surface area (Å²) in [7, 11) is 0. The minimum Gasteiger partial charge on any atom is -0.311 e. The molecule has 0 aromatic rings. The van der Waals surface area contributed by atoms with E-state index in [1.54, 1.807) is 0 Å². The van der Waals surface area contributed by atoms with E-state index < -0.39 is 0 Å². The lowest BCUT2D eigenvalue weighted by Gasteiger charge is -2.37. The van der Waals surface area contributed by atoms with Gasteiger partial charge >= 0.3 is 0 Å². The Morgan fingerprint density at radius 2 is 1.94 bits per heavy atom. The molecule has 1 aliphatic heterocycles. The molecule has 1 saturated carbocycles. The summed E-state index contributed by atoms with van der Waals surface area (Å²) in [5.74, 6) is 1.67. The molecule has 0 amide bonds. The van der Waals surface area contributed by atoms with Gasteiger partial charge in [0.2, 0.25) is 0 Å². The molecule has 2 nitrogen and oxygen atoms in total. The van der Waals surface area contributed by atoms with Crippen molar-refractivity contribution >= 4 is 0 Å². The first-order valence-corrected chi connectivity index (χ1v) is 7.47. The Kier molecular flexibility index (Phi) is 4.14. The van der Waals surface area contributed by atoms with E-state index in [9.17, 15) is 0 Å². The largest absolute Gasteiger partial charge is 0.311 e. The predicted molar refractivity (Wildman–Crippen MR) is 74.2 cm³/mol. The first-order chi connectivity index (χ1) is 8.02. The van der Waals surface area contributed by atoms with Crippen molar-refractivity contribution in [2.75, 3.05) is 26.2 Å². The van der Waals surface area contributed by atoms with E-state index in [1.165, 1.54) is 45.4 Å². The minimum absolute atomic E-state index is 0.680. The van der Waals surface area contributed by atoms with Gasteiger partial charge in [0.15, 0.2) is 0 Å². The van der Waals surface area contributed by atoms with E-state index in [4.69, 9.17) is 0 Å². The molecule has 1 aliphatic carbocycles. The van der Waals surface area contributed by atoms with Crippen LogP contribution >= 0.6 is 0 Å². The highest BCUT2D eigenvalue weighted by Gasteiger charge is 2.46. The molecule has 0 spiro atoms. The summed E-state index contributed by atoms with van der Waals surface area (Å²) in [5, 5.41) is 3.67. The van der Waals surface area contributed by atoms with Crippen molar-refractivity contribution in [3.8, 4) is 0 Å². The fourth-order valence-electron chi connectivity index (χ4n) is 3.29. The molecule has 17 heavy (non-hydrogen) atoms. The van der Waals surface area contributed by atoms with Crippen molar-refractivity contribution in [1.82, 2.24) is 10.2 Å². The van der Waals surface area contributed by atoms with Crippen LogP contribution in [0.4, 0.5) is 0 Å². The first kappa shape index (κ1) is 13.4. The van der Waals surface area contributed by atoms with E-state index in [2.05, 4.69) is 37.9 Å². The molecule has 1 N–H and O–H groups in total. The lowest BCUT2D eigenvalue weighted by Crippen LogP contribution is -2.52. The molecule has 2 fully saturated rings. The van der Waals surface area contributed by atoms with Crippen LogP contribution in [0.25, 0.3) is 0 Å². The number of piperazine rings is 1. The van der Waals surface area contributed by atoms with Gasteiger partial charge in [0.25, 0.3) is 0 Å². The van der Waals surface area contributed by atoms with Crippen LogP contribution in [0.15, 0.2) is 0 Å². The molecule has 0 bridgehead atoms. The molecule has 2 aliphatic rings. The summed E-state index contributed by atoms with van der Waals surface area (Å²) in [6.07, 6.45) is 4.25. The third kappa shape index (κ3) is 3.45. The summed E-state index contributed by atoms with van der Waals surface area (Å²) in [6.45, 7) is 14.5. The standard InChI is InChI=1S/C15H30N2/c1-12(2)9-14-10-17(8-7-16-14)11-15(5-6-15)13(3)4/h12-14,16H,5-11H2,1-4H3. The number of rotatable bonds is 5. The summed E-state index contributed by atoms with van der Waals surface area (Å²) in [4.78, 5) is 2.72. The topological polar surface area (TPSA) is 15.3 Å². The monoisotopic (exact) mass is 238 g/mol. The number of hydrogen-bond donors (Lipinski definition) is 1. The zero-order chi connectivity index (χ0) is 12.5. The van der Waals surface area contributed by atoms with Crippen LogP contribution in [0.1, 0.15) is 47.0 Å². The molecular formula is C15H30N2.